The van der Waals surface area contributed by atoms with Gasteiger partial charge in [0.2, 0.25) is 11.8 Å². The minimum atomic E-state index is -1.76. The Hall–Kier alpha value is -1.88. The van der Waals surface area contributed by atoms with E-state index in [1.54, 1.807) is 12.1 Å². The number of amides is 1. The first-order valence-corrected chi connectivity index (χ1v) is 10.3. The topological polar surface area (TPSA) is 50.4 Å². The van der Waals surface area contributed by atoms with Gasteiger partial charge in [-0.25, -0.2) is 0 Å². The Balaban J connectivity index is 0.00000190. The largest absolute Gasteiger partial charge is 0.459 e. The third-order valence-corrected chi connectivity index (χ3v) is 4.93. The number of allylic oxidation sites excluding steroid dienone is 1. The van der Waals surface area contributed by atoms with E-state index in [-0.39, 0.29) is 11.3 Å². The molecule has 0 atom stereocenters. The molecule has 0 bridgehead atoms. The van der Waals surface area contributed by atoms with Gasteiger partial charge in [-0.2, -0.15) is 4.39 Å². The van der Waals surface area contributed by atoms with E-state index in [1.165, 1.54) is 13.8 Å². The number of ether oxygens (including phenoxy) is 1. The highest BCUT2D eigenvalue weighted by Gasteiger charge is 2.35. The number of alkyl halides is 1. The van der Waals surface area contributed by atoms with Crippen molar-refractivity contribution in [1.82, 2.24) is 10.6 Å². The number of piperidine rings is 1. The van der Waals surface area contributed by atoms with Gasteiger partial charge in [0.15, 0.2) is 0 Å². The van der Waals surface area contributed by atoms with E-state index in [9.17, 15) is 9.18 Å². The summed E-state index contributed by atoms with van der Waals surface area (Å²) in [5.41, 5.74) is 2.32. The van der Waals surface area contributed by atoms with Crippen LogP contribution in [-0.2, 0) is 4.79 Å². The number of hydrogen-bond acceptors (Lipinski definition) is 3. The quantitative estimate of drug-likeness (QED) is 0.677. The lowest BCUT2D eigenvalue weighted by atomic mass is 9.80. The third kappa shape index (κ3) is 6.93. The Morgan fingerprint density at radius 1 is 1.29 bits per heavy atom. The summed E-state index contributed by atoms with van der Waals surface area (Å²) in [4.78, 5) is 13.0. The minimum absolute atomic E-state index is 0.0407. The zero-order chi connectivity index (χ0) is 21.4. The van der Waals surface area contributed by atoms with Gasteiger partial charge in [-0.15, -0.1) is 0 Å². The van der Waals surface area contributed by atoms with Gasteiger partial charge >= 0.3 is 0 Å². The molecule has 0 unspecified atom stereocenters. The number of hydrogen-bond donors (Lipinski definition) is 2. The number of nitrogens with one attached hydrogen (secondary N) is 2. The van der Waals surface area contributed by atoms with Crippen LogP contribution in [0.3, 0.4) is 0 Å². The van der Waals surface area contributed by atoms with Crippen LogP contribution >= 0.6 is 0 Å². The maximum Gasteiger partial charge on any atom is 0.242 e. The summed E-state index contributed by atoms with van der Waals surface area (Å²) in [7, 11) is 0. The molecule has 1 saturated heterocycles. The Kier molecular flexibility index (Phi) is 9.15. The number of carbonyl (C=O) groups is 1. The Bertz CT molecular complexity index is 671. The van der Waals surface area contributed by atoms with Gasteiger partial charge in [0.25, 0.3) is 0 Å². The minimum Gasteiger partial charge on any atom is -0.459 e. The van der Waals surface area contributed by atoms with Crippen LogP contribution in [0.5, 0.6) is 5.75 Å². The first-order chi connectivity index (χ1) is 13.1. The fourth-order valence-electron chi connectivity index (χ4n) is 3.07. The van der Waals surface area contributed by atoms with Crippen LogP contribution in [0.2, 0.25) is 0 Å². The molecule has 1 aliphatic rings. The summed E-state index contributed by atoms with van der Waals surface area (Å²) < 4.78 is 19.2. The molecule has 1 fully saturated rings. The van der Waals surface area contributed by atoms with Crippen molar-refractivity contribution in [3.63, 3.8) is 0 Å². The zero-order valence-electron chi connectivity index (χ0n) is 18.5. The molecule has 28 heavy (non-hydrogen) atoms. The van der Waals surface area contributed by atoms with Crippen LogP contribution in [-0.4, -0.2) is 24.9 Å². The second-order valence-corrected chi connectivity index (χ2v) is 7.77. The maximum absolute atomic E-state index is 13.8. The molecule has 0 saturated carbocycles. The van der Waals surface area contributed by atoms with Gasteiger partial charge in [-0.1, -0.05) is 39.8 Å². The van der Waals surface area contributed by atoms with E-state index in [0.717, 1.165) is 49.2 Å². The summed E-state index contributed by atoms with van der Waals surface area (Å²) in [5, 5.41) is 6.45. The van der Waals surface area contributed by atoms with Crippen LogP contribution in [0, 0.1) is 5.41 Å². The van der Waals surface area contributed by atoms with Crippen molar-refractivity contribution in [2.24, 2.45) is 5.41 Å². The first kappa shape index (κ1) is 24.2. The highest BCUT2D eigenvalue weighted by Crippen LogP contribution is 2.31. The van der Waals surface area contributed by atoms with Crippen LogP contribution in [0.1, 0.15) is 73.3 Å². The zero-order valence-corrected chi connectivity index (χ0v) is 18.5. The van der Waals surface area contributed by atoms with Gasteiger partial charge in [0.05, 0.1) is 0 Å². The molecule has 0 aromatic heterocycles. The molecule has 158 valence electrons. The van der Waals surface area contributed by atoms with E-state index in [1.807, 2.05) is 39.8 Å². The van der Waals surface area contributed by atoms with E-state index in [2.05, 4.69) is 17.6 Å². The van der Waals surface area contributed by atoms with Crippen molar-refractivity contribution in [3.05, 3.63) is 35.4 Å². The lowest BCUT2D eigenvalue weighted by Gasteiger charge is -2.33. The van der Waals surface area contributed by atoms with Crippen molar-refractivity contribution >= 4 is 11.6 Å². The summed E-state index contributed by atoms with van der Waals surface area (Å²) in [6, 6.07) is 7.23. The van der Waals surface area contributed by atoms with Gasteiger partial charge in [-0.3, -0.25) is 4.79 Å². The van der Waals surface area contributed by atoms with Crippen molar-refractivity contribution in [2.75, 3.05) is 13.1 Å². The molecule has 4 nitrogen and oxygen atoms in total. The number of halogens is 1. The fourth-order valence-corrected chi connectivity index (χ4v) is 3.07. The molecule has 1 amide bonds. The van der Waals surface area contributed by atoms with Crippen LogP contribution in [0.4, 0.5) is 4.39 Å². The molecule has 0 spiro atoms. The molecule has 5 heteroatoms. The molecule has 1 aromatic carbocycles. The Morgan fingerprint density at radius 3 is 2.43 bits per heavy atom. The molecule has 1 aromatic rings. The van der Waals surface area contributed by atoms with Crippen molar-refractivity contribution < 1.29 is 13.9 Å². The molecule has 0 radical (unpaired) electrons. The number of rotatable bonds is 6. The first-order valence-electron chi connectivity index (χ1n) is 10.3. The maximum atomic E-state index is 13.8. The lowest BCUT2D eigenvalue weighted by Crippen LogP contribution is -2.45. The van der Waals surface area contributed by atoms with E-state index in [0.29, 0.717) is 5.75 Å². The summed E-state index contributed by atoms with van der Waals surface area (Å²) in [5.74, 6) is -1.27. The Morgan fingerprint density at radius 2 is 1.89 bits per heavy atom. The highest BCUT2D eigenvalue weighted by atomic mass is 19.2. The third-order valence-electron chi connectivity index (χ3n) is 4.93. The van der Waals surface area contributed by atoms with Gasteiger partial charge in [0, 0.05) is 30.5 Å². The van der Waals surface area contributed by atoms with E-state index >= 15 is 0 Å². The molecule has 1 heterocycles. The van der Waals surface area contributed by atoms with Crippen molar-refractivity contribution in [2.45, 2.75) is 73.6 Å². The monoisotopic (exact) mass is 392 g/mol. The van der Waals surface area contributed by atoms with Gasteiger partial charge in [0.1, 0.15) is 5.75 Å². The molecule has 0 aliphatic carbocycles. The molecule has 2 rings (SSSR count). The smallest absolute Gasteiger partial charge is 0.242 e. The highest BCUT2D eigenvalue weighted by molar-refractivity contribution is 5.91. The average Bonchev–Trinajstić information content (AvgIpc) is 2.66. The summed E-state index contributed by atoms with van der Waals surface area (Å²) in [6.07, 6.45) is 2.44. The van der Waals surface area contributed by atoms with Gasteiger partial charge < -0.3 is 15.4 Å². The van der Waals surface area contributed by atoms with Crippen LogP contribution in [0.25, 0.3) is 5.70 Å². The summed E-state index contributed by atoms with van der Waals surface area (Å²) in [6.45, 7) is 14.5. The number of carbonyl (C=O) groups excluding carboxylic acids is 1. The molecule has 2 N–H and O–H groups in total. The summed E-state index contributed by atoms with van der Waals surface area (Å²) >= 11 is 0. The second-order valence-electron chi connectivity index (χ2n) is 7.77. The van der Waals surface area contributed by atoms with Crippen molar-refractivity contribution in [1.29, 1.82) is 0 Å². The van der Waals surface area contributed by atoms with E-state index in [4.69, 9.17) is 4.74 Å². The second kappa shape index (κ2) is 10.6. The number of benzene rings is 1. The standard InChI is InChI=1S/C21H31FN2O2.C2H6/c1-6-15(2)18(24-19(25)21(5)10-12-23-13-11-21)16-8-7-9-17(14-16)26-20(3,4)22;1-2/h7-9,14,23H,6,10-13H2,1-5H3,(H,24,25);1-2H3/b18-15+;. The predicted octanol–water partition coefficient (Wildman–Crippen LogP) is 5.44. The van der Waals surface area contributed by atoms with Crippen LogP contribution < -0.4 is 15.4 Å². The average molecular weight is 393 g/mol. The normalized spacial score (nSPS) is 17.0. The molecular formula is C23H37FN2O2. The van der Waals surface area contributed by atoms with Crippen LogP contribution in [0.15, 0.2) is 29.8 Å². The lowest BCUT2D eigenvalue weighted by molar-refractivity contribution is -0.130. The fraction of sp³-hybridized carbons (Fsp3) is 0.609. The Labute approximate surface area is 169 Å². The predicted molar refractivity (Wildman–Crippen MR) is 115 cm³/mol. The molecular weight excluding hydrogens is 355 g/mol. The van der Waals surface area contributed by atoms with E-state index < -0.39 is 5.85 Å². The SMILES string of the molecule is CC.CC/C(C)=C(/NC(=O)C1(C)CCNCC1)c1cccc(OC(C)(C)F)c1. The van der Waals surface area contributed by atoms with Gasteiger partial charge in [-0.05, 0) is 57.0 Å². The van der Waals surface area contributed by atoms with Crippen molar-refractivity contribution in [3.8, 4) is 5.75 Å². The molecule has 1 aliphatic heterocycles.